The predicted molar refractivity (Wildman–Crippen MR) is 136 cm³/mol. The fourth-order valence-electron chi connectivity index (χ4n) is 3.26. The Morgan fingerprint density at radius 2 is 1.58 bits per heavy atom. The van der Waals surface area contributed by atoms with Crippen LogP contribution in [0.15, 0.2) is 36.4 Å². The third-order valence-corrected chi connectivity index (χ3v) is 8.28. The molecule has 0 radical (unpaired) electrons. The largest absolute Gasteiger partial charge is 0.493 e. The van der Waals surface area contributed by atoms with Gasteiger partial charge in [-0.3, -0.25) is 0 Å². The van der Waals surface area contributed by atoms with Gasteiger partial charge >= 0.3 is 0 Å². The maximum Gasteiger partial charge on any atom is 0.156 e. The minimum Gasteiger partial charge on any atom is -0.493 e. The average molecular weight is 538 g/mol. The van der Waals surface area contributed by atoms with E-state index in [4.69, 9.17) is 44.3 Å². The first-order valence-corrected chi connectivity index (χ1v) is 13.8. The Labute approximate surface area is 211 Å². The molecule has 5 nitrogen and oxygen atoms in total. The Bertz CT molecular complexity index is 1000. The molecule has 2 aromatic rings. The minimum atomic E-state index is -3.03. The van der Waals surface area contributed by atoms with E-state index in [2.05, 4.69) is 13.8 Å². The van der Waals surface area contributed by atoms with Gasteiger partial charge in [0.25, 0.3) is 0 Å². The van der Waals surface area contributed by atoms with Crippen LogP contribution in [-0.4, -0.2) is 50.2 Å². The number of aliphatic hydroxyl groups excluding tert-OH is 1. The van der Waals surface area contributed by atoms with Crippen molar-refractivity contribution in [3.63, 3.8) is 0 Å². The molecule has 0 spiro atoms. The molecule has 0 amide bonds. The first kappa shape index (κ1) is 28.1. The standard InChI is InChI=1S/C24H31Cl3O5S/c1-5-33(29,30)15-16(2)13-31-20-8-6-17(7-9-20)24(3,4)18-10-21(26)23(22(27)11-18)32-14-19(28)12-25/h6-11,16,19,28H,5,12-15H2,1-4H3/t16-,19+/m1/s1. The van der Waals surface area contributed by atoms with Crippen LogP contribution in [0.5, 0.6) is 11.5 Å². The number of benzene rings is 2. The highest BCUT2D eigenvalue weighted by Gasteiger charge is 2.26. The second kappa shape index (κ2) is 12.0. The van der Waals surface area contributed by atoms with Crippen molar-refractivity contribution in [2.75, 3.05) is 30.6 Å². The van der Waals surface area contributed by atoms with E-state index >= 15 is 0 Å². The molecule has 0 unspecified atom stereocenters. The summed E-state index contributed by atoms with van der Waals surface area (Å²) in [5.74, 6) is 1.19. The molecule has 2 rings (SSSR count). The molecular formula is C24H31Cl3O5S. The van der Waals surface area contributed by atoms with Gasteiger partial charge in [0.05, 0.1) is 28.3 Å². The van der Waals surface area contributed by atoms with E-state index in [-0.39, 0.29) is 29.9 Å². The van der Waals surface area contributed by atoms with Gasteiger partial charge < -0.3 is 14.6 Å². The Balaban J connectivity index is 2.12. The maximum absolute atomic E-state index is 11.8. The number of hydrogen-bond acceptors (Lipinski definition) is 5. The highest BCUT2D eigenvalue weighted by Crippen LogP contribution is 2.40. The summed E-state index contributed by atoms with van der Waals surface area (Å²) >= 11 is 18.4. The maximum atomic E-state index is 11.8. The van der Waals surface area contributed by atoms with Crippen molar-refractivity contribution in [3.05, 3.63) is 57.6 Å². The summed E-state index contributed by atoms with van der Waals surface area (Å²) < 4.78 is 34.9. The normalized spacial score (nSPS) is 14.1. The van der Waals surface area contributed by atoms with Crippen LogP contribution in [0, 0.1) is 5.92 Å². The van der Waals surface area contributed by atoms with Crippen molar-refractivity contribution in [1.29, 1.82) is 0 Å². The molecule has 0 heterocycles. The van der Waals surface area contributed by atoms with Gasteiger partial charge in [0.1, 0.15) is 28.3 Å². The van der Waals surface area contributed by atoms with Crippen LogP contribution in [0.2, 0.25) is 10.0 Å². The summed E-state index contributed by atoms with van der Waals surface area (Å²) in [5.41, 5.74) is 1.51. The van der Waals surface area contributed by atoms with Gasteiger partial charge in [-0.25, -0.2) is 8.42 Å². The zero-order valence-electron chi connectivity index (χ0n) is 19.3. The second-order valence-electron chi connectivity index (χ2n) is 8.65. The van der Waals surface area contributed by atoms with Crippen LogP contribution in [0.4, 0.5) is 0 Å². The highest BCUT2D eigenvalue weighted by molar-refractivity contribution is 7.91. The lowest BCUT2D eigenvalue weighted by Crippen LogP contribution is -2.21. The number of hydrogen-bond donors (Lipinski definition) is 1. The number of halogens is 3. The topological polar surface area (TPSA) is 72.8 Å². The molecule has 0 saturated heterocycles. The van der Waals surface area contributed by atoms with Gasteiger partial charge in [0.2, 0.25) is 0 Å². The van der Waals surface area contributed by atoms with E-state index < -0.39 is 21.4 Å². The molecular weight excluding hydrogens is 507 g/mol. The lowest BCUT2D eigenvalue weighted by Gasteiger charge is -2.27. The number of ether oxygens (including phenoxy) is 2. The van der Waals surface area contributed by atoms with E-state index in [1.54, 1.807) is 19.1 Å². The second-order valence-corrected chi connectivity index (χ2v) is 12.2. The third-order valence-electron chi connectivity index (χ3n) is 5.41. The fourth-order valence-corrected chi connectivity index (χ4v) is 5.14. The van der Waals surface area contributed by atoms with Gasteiger partial charge in [0, 0.05) is 17.1 Å². The van der Waals surface area contributed by atoms with Crippen LogP contribution in [-0.2, 0) is 15.3 Å². The Kier molecular flexibility index (Phi) is 10.2. The lowest BCUT2D eigenvalue weighted by molar-refractivity contribution is 0.125. The van der Waals surface area contributed by atoms with Crippen LogP contribution in [0.3, 0.4) is 0 Å². The first-order valence-electron chi connectivity index (χ1n) is 10.7. The van der Waals surface area contributed by atoms with E-state index in [1.165, 1.54) is 0 Å². The molecule has 33 heavy (non-hydrogen) atoms. The summed E-state index contributed by atoms with van der Waals surface area (Å²) in [6.07, 6.45) is -0.810. The van der Waals surface area contributed by atoms with E-state index in [1.807, 2.05) is 31.2 Å². The zero-order chi connectivity index (χ0) is 24.8. The van der Waals surface area contributed by atoms with Crippen molar-refractivity contribution < 1.29 is 23.0 Å². The third kappa shape index (κ3) is 7.93. The van der Waals surface area contributed by atoms with Crippen molar-refractivity contribution in [2.45, 2.75) is 39.2 Å². The van der Waals surface area contributed by atoms with Crippen molar-refractivity contribution in [2.24, 2.45) is 5.92 Å². The van der Waals surface area contributed by atoms with Crippen LogP contribution >= 0.6 is 34.8 Å². The molecule has 0 bridgehead atoms. The quantitative estimate of drug-likeness (QED) is 0.349. The monoisotopic (exact) mass is 536 g/mol. The summed E-state index contributed by atoms with van der Waals surface area (Å²) in [6.45, 7) is 7.95. The molecule has 9 heteroatoms. The SMILES string of the molecule is CCS(=O)(=O)C[C@H](C)COc1ccc(C(C)(C)c2cc(Cl)c(OC[C@@H](O)CCl)c(Cl)c2)cc1. The van der Waals surface area contributed by atoms with E-state index in [9.17, 15) is 13.5 Å². The Hall–Kier alpha value is -1.18. The molecule has 0 aromatic heterocycles. The van der Waals surface area contributed by atoms with Gasteiger partial charge in [0.15, 0.2) is 5.75 Å². The number of sulfone groups is 1. The van der Waals surface area contributed by atoms with Gasteiger partial charge in [-0.1, -0.05) is 63.0 Å². The van der Waals surface area contributed by atoms with Crippen LogP contribution in [0.1, 0.15) is 38.8 Å². The highest BCUT2D eigenvalue weighted by atomic mass is 35.5. The Morgan fingerprint density at radius 1 is 1.00 bits per heavy atom. The van der Waals surface area contributed by atoms with E-state index in [0.29, 0.717) is 28.2 Å². The smallest absolute Gasteiger partial charge is 0.156 e. The first-order chi connectivity index (χ1) is 15.4. The number of rotatable bonds is 12. The molecule has 0 aliphatic carbocycles. The molecule has 0 aliphatic heterocycles. The van der Waals surface area contributed by atoms with Crippen LogP contribution < -0.4 is 9.47 Å². The minimum absolute atomic E-state index is 0.00384. The van der Waals surface area contributed by atoms with Gasteiger partial charge in [-0.2, -0.15) is 0 Å². The lowest BCUT2D eigenvalue weighted by atomic mass is 9.78. The zero-order valence-corrected chi connectivity index (χ0v) is 22.4. The predicted octanol–water partition coefficient (Wildman–Crippen LogP) is 5.75. The Morgan fingerprint density at radius 3 is 2.09 bits per heavy atom. The van der Waals surface area contributed by atoms with Crippen molar-refractivity contribution in [3.8, 4) is 11.5 Å². The van der Waals surface area contributed by atoms with Crippen LogP contribution in [0.25, 0.3) is 0 Å². The fraction of sp³-hybridized carbons (Fsp3) is 0.500. The van der Waals surface area contributed by atoms with Crippen molar-refractivity contribution in [1.82, 2.24) is 0 Å². The molecule has 0 saturated carbocycles. The molecule has 184 valence electrons. The van der Waals surface area contributed by atoms with E-state index in [0.717, 1.165) is 11.1 Å². The average Bonchev–Trinajstić information content (AvgIpc) is 2.76. The molecule has 0 aliphatic rings. The molecule has 0 fully saturated rings. The molecule has 2 atom stereocenters. The summed E-state index contributed by atoms with van der Waals surface area (Å²) in [5, 5.41) is 10.3. The number of aliphatic hydroxyl groups is 1. The number of alkyl halides is 1. The van der Waals surface area contributed by atoms with Gasteiger partial charge in [-0.15, -0.1) is 11.6 Å². The summed E-state index contributed by atoms with van der Waals surface area (Å²) in [6, 6.07) is 11.3. The molecule has 1 N–H and O–H groups in total. The van der Waals surface area contributed by atoms with Crippen molar-refractivity contribution >= 4 is 44.6 Å². The summed E-state index contributed by atoms with van der Waals surface area (Å²) in [4.78, 5) is 0. The summed E-state index contributed by atoms with van der Waals surface area (Å²) in [7, 11) is -3.03. The molecule has 2 aromatic carbocycles. The van der Waals surface area contributed by atoms with Gasteiger partial charge in [-0.05, 0) is 35.4 Å².